The third-order valence-electron chi connectivity index (χ3n) is 8.09. The summed E-state index contributed by atoms with van der Waals surface area (Å²) in [5, 5.41) is 0.697. The summed E-state index contributed by atoms with van der Waals surface area (Å²) in [6.45, 7) is 8.05. The lowest BCUT2D eigenvalue weighted by Gasteiger charge is -2.46. The van der Waals surface area contributed by atoms with E-state index in [2.05, 4.69) is 23.6 Å². The standard InChI is InChI=1S/C28H34ClF2N3O2/c1-18-14-33(15-19(2)34(18)23-6-3-20(29)4-7-23)28(35)26-17-32(22-9-11-36-12-10-22)16-25(26)24-8-5-21(30)13-27(24)31/h3-8,13,18-19,22,25-26H,9-12,14-17H2,1-2H3/t18-,19+,25-,26+/m0/s1. The molecule has 3 aliphatic rings. The summed E-state index contributed by atoms with van der Waals surface area (Å²) >= 11 is 6.08. The Morgan fingerprint density at radius 2 is 1.61 bits per heavy atom. The second-order valence-electron chi connectivity index (χ2n) is 10.5. The molecule has 0 saturated carbocycles. The maximum absolute atomic E-state index is 14.9. The number of rotatable bonds is 4. The third kappa shape index (κ3) is 5.11. The van der Waals surface area contributed by atoms with E-state index < -0.39 is 11.6 Å². The number of hydrogen-bond acceptors (Lipinski definition) is 4. The lowest BCUT2D eigenvalue weighted by Crippen LogP contribution is -2.59. The van der Waals surface area contributed by atoms with Crippen LogP contribution in [0.3, 0.4) is 0 Å². The van der Waals surface area contributed by atoms with Crippen LogP contribution in [0.2, 0.25) is 5.02 Å². The number of nitrogens with zero attached hydrogens (tertiary/aromatic N) is 3. The van der Waals surface area contributed by atoms with E-state index in [1.165, 1.54) is 12.1 Å². The van der Waals surface area contributed by atoms with Crippen LogP contribution in [0.25, 0.3) is 0 Å². The number of halogens is 3. The van der Waals surface area contributed by atoms with Gasteiger partial charge in [0.2, 0.25) is 5.91 Å². The Balaban J connectivity index is 1.37. The molecule has 3 fully saturated rings. The molecule has 5 nitrogen and oxygen atoms in total. The first-order valence-electron chi connectivity index (χ1n) is 12.9. The Bertz CT molecular complexity index is 1070. The van der Waals surface area contributed by atoms with Gasteiger partial charge in [-0.3, -0.25) is 9.69 Å². The maximum Gasteiger partial charge on any atom is 0.227 e. The smallest absolute Gasteiger partial charge is 0.227 e. The van der Waals surface area contributed by atoms with Crippen molar-refractivity contribution in [2.75, 3.05) is 44.3 Å². The van der Waals surface area contributed by atoms with Crippen LogP contribution in [-0.2, 0) is 9.53 Å². The van der Waals surface area contributed by atoms with Crippen molar-refractivity contribution in [3.63, 3.8) is 0 Å². The molecule has 5 rings (SSSR count). The van der Waals surface area contributed by atoms with Gasteiger partial charge in [-0.2, -0.15) is 0 Å². The summed E-state index contributed by atoms with van der Waals surface area (Å²) in [5.74, 6) is -1.77. The van der Waals surface area contributed by atoms with Crippen LogP contribution in [0.15, 0.2) is 42.5 Å². The van der Waals surface area contributed by atoms with Gasteiger partial charge in [-0.25, -0.2) is 8.78 Å². The quantitative estimate of drug-likeness (QED) is 0.575. The molecule has 8 heteroatoms. The van der Waals surface area contributed by atoms with Crippen molar-refractivity contribution in [3.8, 4) is 0 Å². The number of carbonyl (C=O) groups excluding carboxylic acids is 1. The molecule has 3 aliphatic heterocycles. The number of carbonyl (C=O) groups is 1. The van der Waals surface area contributed by atoms with Crippen molar-refractivity contribution >= 4 is 23.2 Å². The summed E-state index contributed by atoms with van der Waals surface area (Å²) in [5.41, 5.74) is 1.52. The highest BCUT2D eigenvalue weighted by molar-refractivity contribution is 6.30. The van der Waals surface area contributed by atoms with E-state index >= 15 is 0 Å². The predicted molar refractivity (Wildman–Crippen MR) is 137 cm³/mol. The summed E-state index contributed by atoms with van der Waals surface area (Å²) in [6.07, 6.45) is 1.82. The molecule has 4 atom stereocenters. The van der Waals surface area contributed by atoms with Gasteiger partial charge in [-0.15, -0.1) is 0 Å². The average molecular weight is 518 g/mol. The zero-order chi connectivity index (χ0) is 25.4. The normalized spacial score (nSPS) is 28.0. The van der Waals surface area contributed by atoms with Crippen molar-refractivity contribution in [2.24, 2.45) is 5.92 Å². The molecule has 36 heavy (non-hydrogen) atoms. The molecular formula is C28H34ClF2N3O2. The molecule has 0 spiro atoms. The minimum Gasteiger partial charge on any atom is -0.381 e. The average Bonchev–Trinajstić information content (AvgIpc) is 3.30. The van der Waals surface area contributed by atoms with E-state index in [0.717, 1.165) is 24.6 Å². The number of likely N-dealkylation sites (tertiary alicyclic amines) is 1. The molecule has 0 aliphatic carbocycles. The van der Waals surface area contributed by atoms with Gasteiger partial charge in [0.25, 0.3) is 0 Å². The summed E-state index contributed by atoms with van der Waals surface area (Å²) < 4.78 is 34.1. The van der Waals surface area contributed by atoms with E-state index in [1.54, 1.807) is 0 Å². The highest BCUT2D eigenvalue weighted by atomic mass is 35.5. The fourth-order valence-corrected chi connectivity index (χ4v) is 6.54. The zero-order valence-electron chi connectivity index (χ0n) is 20.9. The third-order valence-corrected chi connectivity index (χ3v) is 8.34. The summed E-state index contributed by atoms with van der Waals surface area (Å²) in [7, 11) is 0. The first-order chi connectivity index (χ1) is 17.3. The minimum absolute atomic E-state index is 0.0627. The van der Waals surface area contributed by atoms with Gasteiger partial charge in [0.1, 0.15) is 11.6 Å². The first-order valence-corrected chi connectivity index (χ1v) is 13.3. The molecule has 0 bridgehead atoms. The molecule has 0 aromatic heterocycles. The molecule has 0 N–H and O–H groups in total. The van der Waals surface area contributed by atoms with Crippen LogP contribution in [0, 0.1) is 17.6 Å². The van der Waals surface area contributed by atoms with Crippen molar-refractivity contribution in [2.45, 2.75) is 50.7 Å². The number of anilines is 1. The fraction of sp³-hybridized carbons (Fsp3) is 0.536. The highest BCUT2D eigenvalue weighted by Gasteiger charge is 2.45. The van der Waals surface area contributed by atoms with E-state index in [9.17, 15) is 13.6 Å². The van der Waals surface area contributed by atoms with Crippen LogP contribution < -0.4 is 4.90 Å². The Morgan fingerprint density at radius 1 is 0.944 bits per heavy atom. The molecular weight excluding hydrogens is 484 g/mol. The topological polar surface area (TPSA) is 36.0 Å². The van der Waals surface area contributed by atoms with E-state index in [1.807, 2.05) is 29.2 Å². The number of piperazine rings is 1. The van der Waals surface area contributed by atoms with Crippen molar-refractivity contribution in [3.05, 3.63) is 64.7 Å². The van der Waals surface area contributed by atoms with Gasteiger partial charge < -0.3 is 14.5 Å². The lowest BCUT2D eigenvalue weighted by molar-refractivity contribution is -0.137. The van der Waals surface area contributed by atoms with Gasteiger partial charge in [-0.1, -0.05) is 17.7 Å². The molecule has 3 saturated heterocycles. The SMILES string of the molecule is C[C@@H]1CN(C(=O)[C@@H]2CN(C3CCOCC3)C[C@H]2c2ccc(F)cc2F)C[C@H](C)N1c1ccc(Cl)cc1. The van der Waals surface area contributed by atoms with Crippen LogP contribution >= 0.6 is 11.6 Å². The van der Waals surface area contributed by atoms with Gasteiger partial charge in [-0.05, 0) is 62.6 Å². The zero-order valence-corrected chi connectivity index (χ0v) is 21.6. The van der Waals surface area contributed by atoms with Crippen LogP contribution in [0.5, 0.6) is 0 Å². The minimum atomic E-state index is -0.598. The molecule has 2 aromatic rings. The fourth-order valence-electron chi connectivity index (χ4n) is 6.41. The van der Waals surface area contributed by atoms with E-state index in [4.69, 9.17) is 16.3 Å². The Hall–Kier alpha value is -2.22. The molecule has 194 valence electrons. The molecule has 2 aromatic carbocycles. The highest BCUT2D eigenvalue weighted by Crippen LogP contribution is 2.38. The Morgan fingerprint density at radius 3 is 2.25 bits per heavy atom. The summed E-state index contributed by atoms with van der Waals surface area (Å²) in [4.78, 5) is 20.6. The monoisotopic (exact) mass is 517 g/mol. The van der Waals surface area contributed by atoms with Crippen molar-refractivity contribution in [1.82, 2.24) is 9.80 Å². The molecule has 1 amide bonds. The first kappa shape index (κ1) is 25.4. The number of ether oxygens (including phenoxy) is 1. The van der Waals surface area contributed by atoms with Crippen LogP contribution in [-0.4, -0.2) is 73.2 Å². The van der Waals surface area contributed by atoms with E-state index in [0.29, 0.717) is 56.0 Å². The molecule has 0 radical (unpaired) electrons. The van der Waals surface area contributed by atoms with Gasteiger partial charge >= 0.3 is 0 Å². The van der Waals surface area contributed by atoms with Gasteiger partial charge in [0.15, 0.2) is 0 Å². The predicted octanol–water partition coefficient (Wildman–Crippen LogP) is 4.94. The number of hydrogen-bond donors (Lipinski definition) is 0. The lowest BCUT2D eigenvalue weighted by atomic mass is 9.87. The number of benzene rings is 2. The largest absolute Gasteiger partial charge is 0.381 e. The van der Waals surface area contributed by atoms with Gasteiger partial charge in [0, 0.05) is 80.2 Å². The molecule has 3 heterocycles. The second kappa shape index (κ2) is 10.6. The van der Waals surface area contributed by atoms with E-state index in [-0.39, 0.29) is 29.8 Å². The Labute approximate surface area is 216 Å². The van der Waals surface area contributed by atoms with Crippen LogP contribution in [0.1, 0.15) is 38.2 Å². The second-order valence-corrected chi connectivity index (χ2v) is 10.9. The van der Waals surface area contributed by atoms with Crippen molar-refractivity contribution in [1.29, 1.82) is 0 Å². The van der Waals surface area contributed by atoms with Gasteiger partial charge in [0.05, 0.1) is 5.92 Å². The number of amides is 1. The maximum atomic E-state index is 14.9. The van der Waals surface area contributed by atoms with Crippen LogP contribution in [0.4, 0.5) is 14.5 Å². The summed E-state index contributed by atoms with van der Waals surface area (Å²) in [6, 6.07) is 12.1. The Kier molecular flexibility index (Phi) is 7.52. The van der Waals surface area contributed by atoms with Crippen molar-refractivity contribution < 1.29 is 18.3 Å². The molecule has 0 unspecified atom stereocenters.